The van der Waals surface area contributed by atoms with E-state index in [-0.39, 0.29) is 0 Å². The molecule has 0 amide bonds. The first-order valence-corrected chi connectivity index (χ1v) is 7.36. The first-order valence-electron chi connectivity index (χ1n) is 6.61. The van der Waals surface area contributed by atoms with E-state index in [4.69, 9.17) is 23.2 Å². The maximum absolute atomic E-state index is 10.5. The van der Waals surface area contributed by atoms with Crippen LogP contribution in [0.25, 0.3) is 10.9 Å². The molecule has 0 aliphatic rings. The van der Waals surface area contributed by atoms with E-state index in [0.717, 1.165) is 22.0 Å². The average molecular weight is 318 g/mol. The molecule has 0 saturated carbocycles. The van der Waals surface area contributed by atoms with Gasteiger partial charge < -0.3 is 5.11 Å². The van der Waals surface area contributed by atoms with E-state index in [0.29, 0.717) is 16.5 Å². The topological polar surface area (TPSA) is 33.1 Å². The highest BCUT2D eigenvalue weighted by Gasteiger charge is 2.14. The molecule has 3 rings (SSSR count). The zero-order chi connectivity index (χ0) is 14.8. The summed E-state index contributed by atoms with van der Waals surface area (Å²) in [5, 5.41) is 12.7. The molecule has 1 aromatic heterocycles. The van der Waals surface area contributed by atoms with Gasteiger partial charge in [0.1, 0.15) is 0 Å². The summed E-state index contributed by atoms with van der Waals surface area (Å²) in [6.45, 7) is 0. The molecule has 0 radical (unpaired) electrons. The standard InChI is InChI=1S/C17H13Cl2NO/c18-12-7-6-11(15(19)10-12)9-17(21)14-3-1-5-16-13(14)4-2-8-20-16/h1-8,10,17,21H,9H2. The van der Waals surface area contributed by atoms with E-state index in [2.05, 4.69) is 4.98 Å². The van der Waals surface area contributed by atoms with Gasteiger partial charge in [0.25, 0.3) is 0 Å². The van der Waals surface area contributed by atoms with E-state index in [1.807, 2.05) is 36.4 Å². The highest BCUT2D eigenvalue weighted by molar-refractivity contribution is 6.35. The van der Waals surface area contributed by atoms with Crippen molar-refractivity contribution < 1.29 is 5.11 Å². The number of benzene rings is 2. The molecule has 3 aromatic rings. The van der Waals surface area contributed by atoms with Crippen LogP contribution in [0.15, 0.2) is 54.7 Å². The van der Waals surface area contributed by atoms with Crippen LogP contribution in [-0.4, -0.2) is 10.1 Å². The minimum absolute atomic E-state index is 0.435. The number of rotatable bonds is 3. The first-order chi connectivity index (χ1) is 10.1. The second-order valence-electron chi connectivity index (χ2n) is 4.87. The number of halogens is 2. The van der Waals surface area contributed by atoms with E-state index in [9.17, 15) is 5.11 Å². The molecule has 2 nitrogen and oxygen atoms in total. The van der Waals surface area contributed by atoms with Crippen molar-refractivity contribution in [2.24, 2.45) is 0 Å². The smallest absolute Gasteiger partial charge is 0.0837 e. The number of hydrogen-bond acceptors (Lipinski definition) is 2. The molecule has 1 heterocycles. The van der Waals surface area contributed by atoms with Crippen molar-refractivity contribution in [2.75, 3.05) is 0 Å². The summed E-state index contributed by atoms with van der Waals surface area (Å²) in [7, 11) is 0. The first kappa shape index (κ1) is 14.3. The number of aliphatic hydroxyl groups excluding tert-OH is 1. The van der Waals surface area contributed by atoms with Crippen LogP contribution < -0.4 is 0 Å². The SMILES string of the molecule is OC(Cc1ccc(Cl)cc1Cl)c1cccc2ncccc12. The molecule has 2 aromatic carbocycles. The van der Waals surface area contributed by atoms with Crippen LogP contribution in [0.1, 0.15) is 17.2 Å². The lowest BCUT2D eigenvalue weighted by atomic mass is 9.98. The molecule has 1 N–H and O–H groups in total. The summed E-state index contributed by atoms with van der Waals surface area (Å²) in [5.74, 6) is 0. The molecular weight excluding hydrogens is 305 g/mol. The predicted molar refractivity (Wildman–Crippen MR) is 86.9 cm³/mol. The van der Waals surface area contributed by atoms with Gasteiger partial charge in [0.05, 0.1) is 11.6 Å². The molecule has 0 saturated heterocycles. The number of pyridine rings is 1. The largest absolute Gasteiger partial charge is 0.388 e. The summed E-state index contributed by atoms with van der Waals surface area (Å²) in [6.07, 6.45) is 1.54. The van der Waals surface area contributed by atoms with Crippen LogP contribution in [0.3, 0.4) is 0 Å². The number of fused-ring (bicyclic) bond motifs is 1. The van der Waals surface area contributed by atoms with Crippen molar-refractivity contribution in [2.45, 2.75) is 12.5 Å². The predicted octanol–water partition coefficient (Wildman–Crippen LogP) is 4.82. The Kier molecular flexibility index (Phi) is 4.11. The molecule has 106 valence electrons. The Morgan fingerprint density at radius 3 is 2.71 bits per heavy atom. The van der Waals surface area contributed by atoms with Crippen LogP contribution in [0.4, 0.5) is 0 Å². The molecular formula is C17H13Cl2NO. The van der Waals surface area contributed by atoms with Gasteiger partial charge in [0, 0.05) is 28.0 Å². The molecule has 0 bridgehead atoms. The van der Waals surface area contributed by atoms with Crippen molar-refractivity contribution in [3.05, 3.63) is 75.9 Å². The fourth-order valence-electron chi connectivity index (χ4n) is 2.42. The second kappa shape index (κ2) is 6.02. The fourth-order valence-corrected chi connectivity index (χ4v) is 2.91. The van der Waals surface area contributed by atoms with Crippen LogP contribution in [-0.2, 0) is 6.42 Å². The number of aliphatic hydroxyl groups is 1. The third-order valence-electron chi connectivity index (χ3n) is 3.47. The lowest BCUT2D eigenvalue weighted by Gasteiger charge is -2.14. The number of nitrogens with zero attached hydrogens (tertiary/aromatic N) is 1. The lowest BCUT2D eigenvalue weighted by molar-refractivity contribution is 0.180. The minimum Gasteiger partial charge on any atom is -0.388 e. The number of hydrogen-bond donors (Lipinski definition) is 1. The normalized spacial score (nSPS) is 12.5. The molecule has 0 spiro atoms. The van der Waals surface area contributed by atoms with Crippen molar-refractivity contribution >= 4 is 34.1 Å². The van der Waals surface area contributed by atoms with Gasteiger partial charge in [-0.15, -0.1) is 0 Å². The van der Waals surface area contributed by atoms with Gasteiger partial charge in [-0.05, 0) is 35.4 Å². The van der Waals surface area contributed by atoms with Gasteiger partial charge in [0.15, 0.2) is 0 Å². The molecule has 0 aliphatic carbocycles. The Morgan fingerprint density at radius 2 is 1.90 bits per heavy atom. The highest BCUT2D eigenvalue weighted by atomic mass is 35.5. The quantitative estimate of drug-likeness (QED) is 0.751. The molecule has 1 atom stereocenters. The zero-order valence-corrected chi connectivity index (χ0v) is 12.6. The average Bonchev–Trinajstić information content (AvgIpc) is 2.49. The zero-order valence-electron chi connectivity index (χ0n) is 11.1. The third kappa shape index (κ3) is 3.03. The van der Waals surface area contributed by atoms with Crippen molar-refractivity contribution in [1.82, 2.24) is 4.98 Å². The van der Waals surface area contributed by atoms with Gasteiger partial charge in [-0.1, -0.05) is 47.5 Å². The van der Waals surface area contributed by atoms with Crippen molar-refractivity contribution in [1.29, 1.82) is 0 Å². The Bertz CT molecular complexity index is 783. The third-order valence-corrected chi connectivity index (χ3v) is 4.05. The van der Waals surface area contributed by atoms with E-state index in [1.54, 1.807) is 18.3 Å². The van der Waals surface area contributed by atoms with Crippen molar-refractivity contribution in [3.8, 4) is 0 Å². The fraction of sp³-hybridized carbons (Fsp3) is 0.118. The van der Waals surface area contributed by atoms with Gasteiger partial charge in [-0.25, -0.2) is 0 Å². The second-order valence-corrected chi connectivity index (χ2v) is 5.72. The summed E-state index contributed by atoms with van der Waals surface area (Å²) in [4.78, 5) is 4.31. The summed E-state index contributed by atoms with van der Waals surface area (Å²) >= 11 is 12.1. The van der Waals surface area contributed by atoms with Gasteiger partial charge in [0.2, 0.25) is 0 Å². The van der Waals surface area contributed by atoms with Gasteiger partial charge >= 0.3 is 0 Å². The summed E-state index contributed by atoms with van der Waals surface area (Å²) < 4.78 is 0. The van der Waals surface area contributed by atoms with E-state index in [1.165, 1.54) is 0 Å². The minimum atomic E-state index is -0.642. The maximum atomic E-state index is 10.5. The Hall–Kier alpha value is -1.61. The van der Waals surface area contributed by atoms with E-state index >= 15 is 0 Å². The molecule has 21 heavy (non-hydrogen) atoms. The summed E-state index contributed by atoms with van der Waals surface area (Å²) in [5.41, 5.74) is 2.59. The van der Waals surface area contributed by atoms with Crippen molar-refractivity contribution in [3.63, 3.8) is 0 Å². The van der Waals surface area contributed by atoms with Crippen LogP contribution >= 0.6 is 23.2 Å². The molecule has 1 unspecified atom stereocenters. The Morgan fingerprint density at radius 1 is 1.05 bits per heavy atom. The number of aromatic nitrogens is 1. The molecule has 4 heteroatoms. The Labute approximate surface area is 133 Å². The Balaban J connectivity index is 1.95. The highest BCUT2D eigenvalue weighted by Crippen LogP contribution is 2.29. The molecule has 0 fully saturated rings. The van der Waals surface area contributed by atoms with Gasteiger partial charge in [-0.2, -0.15) is 0 Å². The monoisotopic (exact) mass is 317 g/mol. The van der Waals surface area contributed by atoms with E-state index < -0.39 is 6.10 Å². The summed E-state index contributed by atoms with van der Waals surface area (Å²) in [6, 6.07) is 14.9. The maximum Gasteiger partial charge on any atom is 0.0837 e. The van der Waals surface area contributed by atoms with Crippen LogP contribution in [0.5, 0.6) is 0 Å². The lowest BCUT2D eigenvalue weighted by Crippen LogP contribution is -2.03. The van der Waals surface area contributed by atoms with Gasteiger partial charge in [-0.3, -0.25) is 4.98 Å². The van der Waals surface area contributed by atoms with Crippen LogP contribution in [0, 0.1) is 0 Å². The molecule has 0 aliphatic heterocycles. The van der Waals surface area contributed by atoms with Crippen LogP contribution in [0.2, 0.25) is 10.0 Å².